The lowest BCUT2D eigenvalue weighted by molar-refractivity contribution is -0.109. The van der Waals surface area contributed by atoms with Gasteiger partial charge < -0.3 is 4.98 Å². The van der Waals surface area contributed by atoms with Gasteiger partial charge >= 0.3 is 0 Å². The standard InChI is InChI=1S/C17H15NO2S/c1-11(19)21-9-3-4-12-7-8-15-14(10-12)13-5-2-6-16(20)17(13)18-15/h7-8,10,18H,2,5-6,9H2,1H3. The van der Waals surface area contributed by atoms with Crippen LogP contribution >= 0.6 is 11.8 Å². The molecule has 2 aromatic rings. The van der Waals surface area contributed by atoms with Gasteiger partial charge in [-0.25, -0.2) is 0 Å². The molecule has 0 fully saturated rings. The van der Waals surface area contributed by atoms with E-state index >= 15 is 0 Å². The number of benzene rings is 1. The lowest BCUT2D eigenvalue weighted by Crippen LogP contribution is -2.09. The van der Waals surface area contributed by atoms with Crippen LogP contribution in [-0.2, 0) is 11.2 Å². The Morgan fingerprint density at radius 2 is 2.24 bits per heavy atom. The van der Waals surface area contributed by atoms with Gasteiger partial charge in [0.25, 0.3) is 0 Å². The summed E-state index contributed by atoms with van der Waals surface area (Å²) in [6, 6.07) is 5.96. The number of carbonyl (C=O) groups excluding carboxylic acids is 2. The molecule has 106 valence electrons. The van der Waals surface area contributed by atoms with Crippen LogP contribution in [0.4, 0.5) is 0 Å². The fourth-order valence-electron chi connectivity index (χ4n) is 2.65. The van der Waals surface area contributed by atoms with E-state index in [2.05, 4.69) is 16.8 Å². The van der Waals surface area contributed by atoms with Crippen molar-refractivity contribution in [3.05, 3.63) is 35.0 Å². The fraction of sp³-hybridized carbons (Fsp3) is 0.294. The van der Waals surface area contributed by atoms with E-state index < -0.39 is 0 Å². The fourth-order valence-corrected chi connectivity index (χ4v) is 3.00. The van der Waals surface area contributed by atoms with Crippen molar-refractivity contribution < 1.29 is 9.59 Å². The lowest BCUT2D eigenvalue weighted by atomic mass is 9.94. The first-order valence-electron chi connectivity index (χ1n) is 6.95. The third kappa shape index (κ3) is 2.88. The quantitative estimate of drug-likeness (QED) is 0.822. The summed E-state index contributed by atoms with van der Waals surface area (Å²) in [5, 5.41) is 1.18. The topological polar surface area (TPSA) is 49.9 Å². The number of H-pyrrole nitrogens is 1. The van der Waals surface area contributed by atoms with Crippen LogP contribution in [0, 0.1) is 11.8 Å². The Kier molecular flexibility index (Phi) is 3.85. The first-order chi connectivity index (χ1) is 10.1. The number of thioether (sulfide) groups is 1. The molecule has 1 aromatic carbocycles. The summed E-state index contributed by atoms with van der Waals surface area (Å²) in [6.07, 6.45) is 2.50. The highest BCUT2D eigenvalue weighted by Crippen LogP contribution is 2.29. The molecule has 0 atom stereocenters. The number of ketones is 1. The number of carbonyl (C=O) groups is 2. The summed E-state index contributed by atoms with van der Waals surface area (Å²) < 4.78 is 0. The minimum Gasteiger partial charge on any atom is -0.352 e. The maximum absolute atomic E-state index is 11.9. The van der Waals surface area contributed by atoms with Gasteiger partial charge in [-0.1, -0.05) is 23.6 Å². The normalized spacial score (nSPS) is 13.7. The van der Waals surface area contributed by atoms with Crippen molar-refractivity contribution in [1.82, 2.24) is 4.98 Å². The van der Waals surface area contributed by atoms with Crippen molar-refractivity contribution in [2.45, 2.75) is 26.2 Å². The molecule has 3 nitrogen and oxygen atoms in total. The van der Waals surface area contributed by atoms with E-state index in [1.54, 1.807) is 6.92 Å². The van der Waals surface area contributed by atoms with E-state index in [9.17, 15) is 9.59 Å². The number of fused-ring (bicyclic) bond motifs is 3. The zero-order valence-electron chi connectivity index (χ0n) is 11.8. The molecule has 1 aromatic heterocycles. The summed E-state index contributed by atoms with van der Waals surface area (Å²) in [5.74, 6) is 6.79. The zero-order valence-corrected chi connectivity index (χ0v) is 12.6. The second kappa shape index (κ2) is 5.79. The van der Waals surface area contributed by atoms with Crippen molar-refractivity contribution in [3.63, 3.8) is 0 Å². The molecule has 0 bridgehead atoms. The number of hydrogen-bond donors (Lipinski definition) is 1. The maximum atomic E-state index is 11.9. The van der Waals surface area contributed by atoms with E-state index in [1.165, 1.54) is 11.8 Å². The number of Topliss-reactive ketones (excluding diaryl/α,β-unsaturated/α-hetero) is 1. The molecule has 0 amide bonds. The number of hydrogen-bond acceptors (Lipinski definition) is 3. The monoisotopic (exact) mass is 297 g/mol. The number of nitrogens with one attached hydrogen (secondary N) is 1. The van der Waals surface area contributed by atoms with E-state index in [1.807, 2.05) is 18.2 Å². The van der Waals surface area contributed by atoms with Gasteiger partial charge in [0.1, 0.15) is 0 Å². The van der Waals surface area contributed by atoms with E-state index in [0.717, 1.165) is 40.6 Å². The van der Waals surface area contributed by atoms with Gasteiger partial charge in [0, 0.05) is 29.8 Å². The van der Waals surface area contributed by atoms with Crippen LogP contribution in [0.25, 0.3) is 10.9 Å². The molecule has 0 spiro atoms. The predicted octanol–water partition coefficient (Wildman–Crippen LogP) is 3.32. The van der Waals surface area contributed by atoms with Crippen LogP contribution in [0.5, 0.6) is 0 Å². The number of aromatic amines is 1. The molecular weight excluding hydrogens is 282 g/mol. The molecular formula is C17H15NO2S. The van der Waals surface area contributed by atoms with Gasteiger partial charge in [0.05, 0.1) is 11.4 Å². The summed E-state index contributed by atoms with van der Waals surface area (Å²) in [6.45, 7) is 1.54. The average molecular weight is 297 g/mol. The molecule has 0 aliphatic heterocycles. The summed E-state index contributed by atoms with van der Waals surface area (Å²) in [7, 11) is 0. The second-order valence-corrected chi connectivity index (χ2v) is 6.25. The van der Waals surface area contributed by atoms with Crippen LogP contribution in [0.1, 0.15) is 41.4 Å². The first kappa shape index (κ1) is 14.0. The minimum absolute atomic E-state index is 0.0815. The van der Waals surface area contributed by atoms with Crippen molar-refractivity contribution in [2.24, 2.45) is 0 Å². The molecule has 0 radical (unpaired) electrons. The predicted molar refractivity (Wildman–Crippen MR) is 85.6 cm³/mol. The number of rotatable bonds is 1. The van der Waals surface area contributed by atoms with Gasteiger partial charge in [0.15, 0.2) is 10.9 Å². The Labute approximate surface area is 127 Å². The second-order valence-electron chi connectivity index (χ2n) is 5.10. The van der Waals surface area contributed by atoms with E-state index in [0.29, 0.717) is 12.2 Å². The van der Waals surface area contributed by atoms with E-state index in [4.69, 9.17) is 0 Å². The van der Waals surface area contributed by atoms with Crippen molar-refractivity contribution in [1.29, 1.82) is 0 Å². The van der Waals surface area contributed by atoms with Gasteiger partial charge in [-0.3, -0.25) is 9.59 Å². The third-order valence-electron chi connectivity index (χ3n) is 3.60. The molecule has 3 rings (SSSR count). The van der Waals surface area contributed by atoms with Crippen LogP contribution in [0.2, 0.25) is 0 Å². The Morgan fingerprint density at radius 1 is 1.38 bits per heavy atom. The smallest absolute Gasteiger partial charge is 0.186 e. The van der Waals surface area contributed by atoms with Gasteiger partial charge in [0.2, 0.25) is 0 Å². The van der Waals surface area contributed by atoms with Crippen molar-refractivity contribution >= 4 is 33.6 Å². The molecule has 1 heterocycles. The van der Waals surface area contributed by atoms with Crippen LogP contribution in [0.15, 0.2) is 18.2 Å². The van der Waals surface area contributed by atoms with E-state index in [-0.39, 0.29) is 10.9 Å². The highest BCUT2D eigenvalue weighted by molar-refractivity contribution is 8.13. The largest absolute Gasteiger partial charge is 0.352 e. The van der Waals surface area contributed by atoms with Crippen LogP contribution < -0.4 is 0 Å². The van der Waals surface area contributed by atoms with Gasteiger partial charge in [-0.15, -0.1) is 0 Å². The Bertz CT molecular complexity index is 792. The Hall–Kier alpha value is -1.99. The maximum Gasteiger partial charge on any atom is 0.186 e. The molecule has 4 heteroatoms. The summed E-state index contributed by atoms with van der Waals surface area (Å²) in [4.78, 5) is 26.0. The van der Waals surface area contributed by atoms with Crippen LogP contribution in [-0.4, -0.2) is 21.6 Å². The lowest BCUT2D eigenvalue weighted by Gasteiger charge is -2.09. The van der Waals surface area contributed by atoms with Gasteiger partial charge in [-0.2, -0.15) is 0 Å². The molecule has 1 N–H and O–H groups in total. The molecule has 1 aliphatic rings. The summed E-state index contributed by atoms with van der Waals surface area (Å²) in [5.41, 5.74) is 3.82. The highest BCUT2D eigenvalue weighted by Gasteiger charge is 2.21. The molecule has 21 heavy (non-hydrogen) atoms. The Balaban J connectivity index is 1.93. The zero-order chi connectivity index (χ0) is 14.8. The highest BCUT2D eigenvalue weighted by atomic mass is 32.2. The SMILES string of the molecule is CC(=O)SCC#Cc1ccc2[nH]c3c(c2c1)CCCC3=O. The van der Waals surface area contributed by atoms with Crippen LogP contribution in [0.3, 0.4) is 0 Å². The van der Waals surface area contributed by atoms with Crippen molar-refractivity contribution in [3.8, 4) is 11.8 Å². The first-order valence-corrected chi connectivity index (χ1v) is 7.94. The Morgan fingerprint density at radius 3 is 3.05 bits per heavy atom. The molecule has 0 saturated carbocycles. The summed E-state index contributed by atoms with van der Waals surface area (Å²) >= 11 is 1.22. The molecule has 0 saturated heterocycles. The number of aryl methyl sites for hydroxylation is 1. The van der Waals surface area contributed by atoms with Crippen molar-refractivity contribution in [2.75, 3.05) is 5.75 Å². The minimum atomic E-state index is 0.0815. The third-order valence-corrected chi connectivity index (χ3v) is 4.29. The van der Waals surface area contributed by atoms with Gasteiger partial charge in [-0.05, 0) is 36.6 Å². The molecule has 1 aliphatic carbocycles. The number of aromatic nitrogens is 1. The average Bonchev–Trinajstić information content (AvgIpc) is 2.83. The molecule has 0 unspecified atom stereocenters.